The number of Topliss-reactive ketones (excluding diaryl/α,β-unsaturated/α-hetero) is 1. The minimum absolute atomic E-state index is 0.114. The molecule has 2 aromatic rings. The maximum atomic E-state index is 13.1. The van der Waals surface area contributed by atoms with Gasteiger partial charge in [-0.2, -0.15) is 0 Å². The standard InChI is InChI=1S/C17H17FO2/c1-3-13-7-9-14(10-8-13)17(19)12(2)20-16-6-4-5-15(18)11-16/h4-12H,3H2,1-2H3. The number of ketones is 1. The Kier molecular flexibility index (Phi) is 4.51. The second-order valence-corrected chi connectivity index (χ2v) is 4.63. The average molecular weight is 272 g/mol. The van der Waals surface area contributed by atoms with Crippen LogP contribution in [0.3, 0.4) is 0 Å². The molecule has 0 aliphatic rings. The lowest BCUT2D eigenvalue weighted by Gasteiger charge is -2.14. The Morgan fingerprint density at radius 2 is 1.90 bits per heavy atom. The molecule has 0 spiro atoms. The second-order valence-electron chi connectivity index (χ2n) is 4.63. The maximum absolute atomic E-state index is 13.1. The van der Waals surface area contributed by atoms with Gasteiger partial charge in [0.25, 0.3) is 0 Å². The Balaban J connectivity index is 2.07. The summed E-state index contributed by atoms with van der Waals surface area (Å²) in [7, 11) is 0. The predicted molar refractivity (Wildman–Crippen MR) is 76.6 cm³/mol. The van der Waals surface area contributed by atoms with E-state index in [2.05, 4.69) is 6.92 Å². The molecular weight excluding hydrogens is 255 g/mol. The Bertz CT molecular complexity index is 590. The molecule has 0 aliphatic carbocycles. The fourth-order valence-electron chi connectivity index (χ4n) is 1.94. The number of benzene rings is 2. The third-order valence-electron chi connectivity index (χ3n) is 3.12. The van der Waals surface area contributed by atoms with Crippen LogP contribution < -0.4 is 4.74 Å². The zero-order valence-corrected chi connectivity index (χ0v) is 11.6. The maximum Gasteiger partial charge on any atom is 0.202 e. The van der Waals surface area contributed by atoms with E-state index in [9.17, 15) is 9.18 Å². The van der Waals surface area contributed by atoms with E-state index in [4.69, 9.17) is 4.74 Å². The first-order chi connectivity index (χ1) is 9.60. The zero-order chi connectivity index (χ0) is 14.5. The summed E-state index contributed by atoms with van der Waals surface area (Å²) in [4.78, 5) is 12.2. The Hall–Kier alpha value is -2.16. The van der Waals surface area contributed by atoms with E-state index < -0.39 is 6.10 Å². The minimum Gasteiger partial charge on any atom is -0.482 e. The first kappa shape index (κ1) is 14.3. The van der Waals surface area contributed by atoms with E-state index in [1.54, 1.807) is 31.2 Å². The number of carbonyl (C=O) groups is 1. The van der Waals surface area contributed by atoms with Crippen LogP contribution in [0.15, 0.2) is 48.5 Å². The van der Waals surface area contributed by atoms with Crippen LogP contribution in [0.5, 0.6) is 5.75 Å². The number of halogens is 1. The normalized spacial score (nSPS) is 11.9. The smallest absolute Gasteiger partial charge is 0.202 e. The number of hydrogen-bond acceptors (Lipinski definition) is 2. The van der Waals surface area contributed by atoms with Crippen molar-refractivity contribution in [1.29, 1.82) is 0 Å². The van der Waals surface area contributed by atoms with Gasteiger partial charge in [0.1, 0.15) is 11.6 Å². The second kappa shape index (κ2) is 6.33. The van der Waals surface area contributed by atoms with Gasteiger partial charge in [-0.05, 0) is 31.0 Å². The SMILES string of the molecule is CCc1ccc(C(=O)C(C)Oc2cccc(F)c2)cc1. The van der Waals surface area contributed by atoms with Gasteiger partial charge in [-0.1, -0.05) is 37.3 Å². The number of ether oxygens (including phenoxy) is 1. The van der Waals surface area contributed by atoms with E-state index in [1.807, 2.05) is 12.1 Å². The van der Waals surface area contributed by atoms with Crippen LogP contribution in [-0.4, -0.2) is 11.9 Å². The summed E-state index contributed by atoms with van der Waals surface area (Å²) in [6.07, 6.45) is 0.286. The van der Waals surface area contributed by atoms with Crippen molar-refractivity contribution in [3.63, 3.8) is 0 Å². The van der Waals surface area contributed by atoms with Crippen molar-refractivity contribution < 1.29 is 13.9 Å². The van der Waals surface area contributed by atoms with Crippen LogP contribution in [0.25, 0.3) is 0 Å². The molecular formula is C17H17FO2. The molecule has 104 valence electrons. The summed E-state index contributed by atoms with van der Waals surface area (Å²) in [6, 6.07) is 13.3. The molecule has 2 aromatic carbocycles. The topological polar surface area (TPSA) is 26.3 Å². The summed E-state index contributed by atoms with van der Waals surface area (Å²) < 4.78 is 18.5. The highest BCUT2D eigenvalue weighted by Crippen LogP contribution is 2.16. The molecule has 0 N–H and O–H groups in total. The molecule has 0 aliphatic heterocycles. The van der Waals surface area contributed by atoms with Gasteiger partial charge < -0.3 is 4.74 Å². The van der Waals surface area contributed by atoms with Crippen molar-refractivity contribution in [1.82, 2.24) is 0 Å². The van der Waals surface area contributed by atoms with Crippen molar-refractivity contribution in [2.45, 2.75) is 26.4 Å². The van der Waals surface area contributed by atoms with Crippen LogP contribution in [0.2, 0.25) is 0 Å². The third-order valence-corrected chi connectivity index (χ3v) is 3.12. The van der Waals surface area contributed by atoms with Gasteiger partial charge in [0.15, 0.2) is 6.10 Å². The summed E-state index contributed by atoms with van der Waals surface area (Å²) in [5.41, 5.74) is 1.78. The van der Waals surface area contributed by atoms with Crippen LogP contribution in [-0.2, 0) is 6.42 Å². The minimum atomic E-state index is -0.649. The summed E-state index contributed by atoms with van der Waals surface area (Å²) in [6.45, 7) is 3.73. The highest BCUT2D eigenvalue weighted by molar-refractivity contribution is 5.99. The van der Waals surface area contributed by atoms with Gasteiger partial charge in [0.05, 0.1) is 0 Å². The molecule has 0 fully saturated rings. The lowest BCUT2D eigenvalue weighted by atomic mass is 10.0. The number of carbonyl (C=O) groups excluding carboxylic acids is 1. The van der Waals surface area contributed by atoms with Crippen molar-refractivity contribution in [3.05, 3.63) is 65.5 Å². The van der Waals surface area contributed by atoms with Crippen molar-refractivity contribution in [2.24, 2.45) is 0 Å². The van der Waals surface area contributed by atoms with Gasteiger partial charge in [-0.15, -0.1) is 0 Å². The Morgan fingerprint density at radius 3 is 2.50 bits per heavy atom. The molecule has 2 nitrogen and oxygen atoms in total. The molecule has 20 heavy (non-hydrogen) atoms. The van der Waals surface area contributed by atoms with Gasteiger partial charge in [0.2, 0.25) is 5.78 Å². The predicted octanol–water partition coefficient (Wildman–Crippen LogP) is 4.04. The molecule has 0 saturated carbocycles. The van der Waals surface area contributed by atoms with Gasteiger partial charge in [0, 0.05) is 11.6 Å². The monoisotopic (exact) mass is 272 g/mol. The highest BCUT2D eigenvalue weighted by Gasteiger charge is 2.16. The Morgan fingerprint density at radius 1 is 1.20 bits per heavy atom. The number of rotatable bonds is 5. The van der Waals surface area contributed by atoms with E-state index in [0.29, 0.717) is 11.3 Å². The van der Waals surface area contributed by atoms with E-state index in [0.717, 1.165) is 6.42 Å². The molecule has 0 radical (unpaired) electrons. The van der Waals surface area contributed by atoms with Crippen molar-refractivity contribution in [2.75, 3.05) is 0 Å². The summed E-state index contributed by atoms with van der Waals surface area (Å²) in [5.74, 6) is -0.137. The number of aryl methyl sites for hydroxylation is 1. The fraction of sp³-hybridized carbons (Fsp3) is 0.235. The molecule has 0 amide bonds. The first-order valence-electron chi connectivity index (χ1n) is 6.65. The largest absolute Gasteiger partial charge is 0.482 e. The molecule has 1 atom stereocenters. The lowest BCUT2D eigenvalue weighted by molar-refractivity contribution is 0.0817. The molecule has 0 bridgehead atoms. The lowest BCUT2D eigenvalue weighted by Crippen LogP contribution is -2.23. The fourth-order valence-corrected chi connectivity index (χ4v) is 1.94. The Labute approximate surface area is 118 Å². The van der Waals surface area contributed by atoms with Gasteiger partial charge in [-0.25, -0.2) is 4.39 Å². The van der Waals surface area contributed by atoms with Crippen LogP contribution in [0.1, 0.15) is 29.8 Å². The van der Waals surface area contributed by atoms with Crippen molar-refractivity contribution in [3.8, 4) is 5.75 Å². The van der Waals surface area contributed by atoms with Crippen LogP contribution >= 0.6 is 0 Å². The number of hydrogen-bond donors (Lipinski definition) is 0. The van der Waals surface area contributed by atoms with E-state index in [-0.39, 0.29) is 11.6 Å². The highest BCUT2D eigenvalue weighted by atomic mass is 19.1. The molecule has 1 unspecified atom stereocenters. The third kappa shape index (κ3) is 3.44. The summed E-state index contributed by atoms with van der Waals surface area (Å²) >= 11 is 0. The molecule has 0 heterocycles. The van der Waals surface area contributed by atoms with Gasteiger partial charge >= 0.3 is 0 Å². The molecule has 2 rings (SSSR count). The summed E-state index contributed by atoms with van der Waals surface area (Å²) in [5, 5.41) is 0. The molecule has 3 heteroatoms. The van der Waals surface area contributed by atoms with Gasteiger partial charge in [-0.3, -0.25) is 4.79 Å². The molecule has 0 saturated heterocycles. The molecule has 0 aromatic heterocycles. The van der Waals surface area contributed by atoms with Crippen molar-refractivity contribution >= 4 is 5.78 Å². The average Bonchev–Trinajstić information content (AvgIpc) is 2.46. The van der Waals surface area contributed by atoms with Crippen LogP contribution in [0.4, 0.5) is 4.39 Å². The quantitative estimate of drug-likeness (QED) is 0.768. The first-order valence-corrected chi connectivity index (χ1v) is 6.65. The zero-order valence-electron chi connectivity index (χ0n) is 11.6. The van der Waals surface area contributed by atoms with E-state index >= 15 is 0 Å². The van der Waals surface area contributed by atoms with Crippen LogP contribution in [0, 0.1) is 5.82 Å². The van der Waals surface area contributed by atoms with E-state index in [1.165, 1.54) is 17.7 Å².